The number of nitrogens with one attached hydrogen (secondary N) is 1. The third-order valence-corrected chi connectivity index (χ3v) is 5.42. The fourth-order valence-corrected chi connectivity index (χ4v) is 3.64. The number of aromatic nitrogens is 2. The molecule has 1 aromatic heterocycles. The molecule has 0 aliphatic carbocycles. The number of ether oxygens (including phenoxy) is 1. The van der Waals surface area contributed by atoms with E-state index in [2.05, 4.69) is 32.3 Å². The number of oxime groups is 1. The van der Waals surface area contributed by atoms with Crippen LogP contribution in [0.1, 0.15) is 25.0 Å². The van der Waals surface area contributed by atoms with Crippen molar-refractivity contribution in [3.8, 4) is 17.6 Å². The maximum Gasteiger partial charge on any atom is 0.159 e. The van der Waals surface area contributed by atoms with Crippen LogP contribution in [0.4, 0.5) is 15.9 Å². The summed E-state index contributed by atoms with van der Waals surface area (Å²) >= 11 is 6.46. The summed E-state index contributed by atoms with van der Waals surface area (Å²) in [6, 6.07) is 17.0. The fraction of sp³-hybridized carbons (Fsp3) is 0.179. The lowest BCUT2D eigenvalue weighted by Crippen LogP contribution is -2.20. The Kier molecular flexibility index (Phi) is 8.52. The fourth-order valence-electron chi connectivity index (χ4n) is 3.41. The first kappa shape index (κ1) is 25.9. The molecule has 9 heteroatoms. The van der Waals surface area contributed by atoms with Crippen LogP contribution < -0.4 is 15.8 Å². The van der Waals surface area contributed by atoms with E-state index in [1.807, 2.05) is 31.2 Å². The van der Waals surface area contributed by atoms with E-state index < -0.39 is 0 Å². The van der Waals surface area contributed by atoms with Crippen molar-refractivity contribution in [2.45, 2.75) is 26.5 Å². The highest BCUT2D eigenvalue weighted by molar-refractivity contribution is 6.32. The first-order valence-electron chi connectivity index (χ1n) is 11.5. The van der Waals surface area contributed by atoms with Crippen LogP contribution in [0, 0.1) is 17.7 Å². The largest absolute Gasteiger partial charge is 0.487 e. The second kappa shape index (κ2) is 12.2. The van der Waals surface area contributed by atoms with Crippen LogP contribution in [0.3, 0.4) is 0 Å². The molecule has 1 atom stereocenters. The molecule has 0 saturated heterocycles. The van der Waals surface area contributed by atoms with Gasteiger partial charge in [-0.15, -0.1) is 0 Å². The van der Waals surface area contributed by atoms with E-state index in [9.17, 15) is 4.39 Å². The summed E-state index contributed by atoms with van der Waals surface area (Å²) < 4.78 is 19.2. The van der Waals surface area contributed by atoms with E-state index in [1.165, 1.54) is 18.5 Å². The highest BCUT2D eigenvalue weighted by atomic mass is 35.5. The van der Waals surface area contributed by atoms with Crippen LogP contribution in [0.15, 0.2) is 72.1 Å². The molecular weight excluding hydrogens is 493 g/mol. The Morgan fingerprint density at radius 3 is 2.78 bits per heavy atom. The van der Waals surface area contributed by atoms with Crippen LogP contribution >= 0.6 is 11.6 Å². The highest BCUT2D eigenvalue weighted by Crippen LogP contribution is 2.31. The predicted octanol–water partition coefficient (Wildman–Crippen LogP) is 5.84. The van der Waals surface area contributed by atoms with E-state index in [0.29, 0.717) is 33.6 Å². The van der Waals surface area contributed by atoms with Crippen molar-refractivity contribution in [3.05, 3.63) is 89.0 Å². The molecule has 0 saturated carbocycles. The topological polar surface area (TPSA) is 94.7 Å². The smallest absolute Gasteiger partial charge is 0.159 e. The molecule has 3 aromatic carbocycles. The Labute approximate surface area is 219 Å². The molecule has 0 bridgehead atoms. The number of anilines is 2. The van der Waals surface area contributed by atoms with E-state index >= 15 is 0 Å². The molecule has 3 N–H and O–H groups in total. The van der Waals surface area contributed by atoms with Gasteiger partial charge in [0.1, 0.15) is 36.9 Å². The van der Waals surface area contributed by atoms with E-state index in [0.717, 1.165) is 16.5 Å². The molecule has 0 amide bonds. The van der Waals surface area contributed by atoms with Crippen LogP contribution in [0.2, 0.25) is 5.02 Å². The highest BCUT2D eigenvalue weighted by Gasteiger charge is 2.11. The molecule has 0 aliphatic heterocycles. The second-order valence-electron chi connectivity index (χ2n) is 8.23. The van der Waals surface area contributed by atoms with Crippen molar-refractivity contribution in [2.24, 2.45) is 10.9 Å². The minimum atomic E-state index is -0.315. The summed E-state index contributed by atoms with van der Waals surface area (Å²) in [5.41, 5.74) is 9.12. The third kappa shape index (κ3) is 6.94. The van der Waals surface area contributed by atoms with Crippen molar-refractivity contribution in [3.63, 3.8) is 0 Å². The van der Waals surface area contributed by atoms with Gasteiger partial charge in [-0.3, -0.25) is 0 Å². The summed E-state index contributed by atoms with van der Waals surface area (Å²) in [6.45, 7) is 4.04. The zero-order valence-corrected chi connectivity index (χ0v) is 21.1. The molecule has 7 nitrogen and oxygen atoms in total. The van der Waals surface area contributed by atoms with Crippen LogP contribution in [-0.4, -0.2) is 28.3 Å². The van der Waals surface area contributed by atoms with E-state index in [4.69, 9.17) is 26.9 Å². The van der Waals surface area contributed by atoms with Gasteiger partial charge in [0.2, 0.25) is 0 Å². The number of nitrogens with zero attached hydrogens (tertiary/aromatic N) is 3. The molecule has 1 heterocycles. The predicted molar refractivity (Wildman–Crippen MR) is 145 cm³/mol. The van der Waals surface area contributed by atoms with Crippen LogP contribution in [-0.2, 0) is 11.4 Å². The number of halogens is 2. The van der Waals surface area contributed by atoms with Gasteiger partial charge in [-0.05, 0) is 73.9 Å². The normalized spacial score (nSPS) is 12.0. The molecule has 0 radical (unpaired) electrons. The lowest BCUT2D eigenvalue weighted by atomic mass is 10.1. The summed E-state index contributed by atoms with van der Waals surface area (Å²) in [7, 11) is 0. The molecule has 188 valence electrons. The molecule has 4 aromatic rings. The minimum Gasteiger partial charge on any atom is -0.487 e. The number of hydrogen-bond acceptors (Lipinski definition) is 7. The molecule has 4 rings (SSSR count). The van der Waals surface area contributed by atoms with Gasteiger partial charge in [-0.2, -0.15) is 0 Å². The molecule has 0 unspecified atom stereocenters. The average molecular weight is 518 g/mol. The van der Waals surface area contributed by atoms with Gasteiger partial charge >= 0.3 is 0 Å². The number of fused-ring (bicyclic) bond motifs is 1. The number of hydrogen-bond donors (Lipinski definition) is 2. The van der Waals surface area contributed by atoms with Crippen LogP contribution in [0.25, 0.3) is 10.9 Å². The Hall–Kier alpha value is -4.19. The SMILES string of the molecule is CC#C/C(=N\OC[C@@H](C)N)c1ccc2ncnc(Nc3ccc(OCc4cccc(F)c4)c(Cl)c3)c2c1. The zero-order chi connectivity index (χ0) is 26.2. The maximum atomic E-state index is 13.4. The van der Waals surface area contributed by atoms with Gasteiger partial charge in [0, 0.05) is 22.7 Å². The van der Waals surface area contributed by atoms with Crippen molar-refractivity contribution in [1.29, 1.82) is 0 Å². The average Bonchev–Trinajstić information content (AvgIpc) is 2.87. The third-order valence-electron chi connectivity index (χ3n) is 5.12. The quantitative estimate of drug-likeness (QED) is 0.165. The van der Waals surface area contributed by atoms with Gasteiger partial charge < -0.3 is 20.6 Å². The number of benzene rings is 3. The minimum absolute atomic E-state index is 0.148. The van der Waals surface area contributed by atoms with E-state index in [-0.39, 0.29) is 25.1 Å². The lowest BCUT2D eigenvalue weighted by molar-refractivity contribution is 0.134. The van der Waals surface area contributed by atoms with Crippen molar-refractivity contribution in [2.75, 3.05) is 11.9 Å². The standard InChI is InChI=1S/C28H25ClFN5O2/c1-3-5-25(35-37-15-18(2)31)20-8-10-26-23(13-20)28(33-17-32-26)34-22-9-11-27(24(29)14-22)36-16-19-6-4-7-21(30)12-19/h4,6-14,17-18H,15-16,31H2,1-2H3,(H,32,33,34)/b35-25+/t18-/m1/s1. The van der Waals surface area contributed by atoms with Gasteiger partial charge in [0.25, 0.3) is 0 Å². The lowest BCUT2D eigenvalue weighted by Gasteiger charge is -2.12. The Balaban J connectivity index is 1.56. The van der Waals surface area contributed by atoms with Gasteiger partial charge in [-0.1, -0.05) is 34.8 Å². The van der Waals surface area contributed by atoms with Crippen LogP contribution in [0.5, 0.6) is 5.75 Å². The summed E-state index contributed by atoms with van der Waals surface area (Å²) in [4.78, 5) is 14.1. The van der Waals surface area contributed by atoms with Gasteiger partial charge in [0.05, 0.1) is 10.5 Å². The Morgan fingerprint density at radius 2 is 2.03 bits per heavy atom. The number of rotatable bonds is 9. The molecule has 0 fully saturated rings. The summed E-state index contributed by atoms with van der Waals surface area (Å²) in [5.74, 6) is 6.57. The van der Waals surface area contributed by atoms with E-state index in [1.54, 1.807) is 31.2 Å². The summed E-state index contributed by atoms with van der Waals surface area (Å²) in [5, 5.41) is 8.61. The summed E-state index contributed by atoms with van der Waals surface area (Å²) in [6.07, 6.45) is 1.48. The monoisotopic (exact) mass is 517 g/mol. The first-order chi connectivity index (χ1) is 17.9. The van der Waals surface area contributed by atoms with Gasteiger partial charge in [0.15, 0.2) is 5.71 Å². The molecule has 0 spiro atoms. The zero-order valence-electron chi connectivity index (χ0n) is 20.3. The Morgan fingerprint density at radius 1 is 1.16 bits per heavy atom. The van der Waals surface area contributed by atoms with Crippen molar-refractivity contribution in [1.82, 2.24) is 9.97 Å². The first-order valence-corrected chi connectivity index (χ1v) is 11.9. The van der Waals surface area contributed by atoms with Crippen molar-refractivity contribution >= 4 is 39.7 Å². The number of nitrogens with two attached hydrogens (primary N) is 1. The van der Waals surface area contributed by atoms with Gasteiger partial charge in [-0.25, -0.2) is 14.4 Å². The molecule has 0 aliphatic rings. The second-order valence-corrected chi connectivity index (χ2v) is 8.64. The Bertz CT molecular complexity index is 1500. The van der Waals surface area contributed by atoms with Crippen molar-refractivity contribution < 1.29 is 14.0 Å². The maximum absolute atomic E-state index is 13.4. The molecule has 37 heavy (non-hydrogen) atoms. The molecular formula is C28H25ClFN5O2.